The van der Waals surface area contributed by atoms with Crippen LogP contribution >= 0.6 is 0 Å². The Morgan fingerprint density at radius 2 is 1.64 bits per heavy atom. The molecule has 0 aromatic rings. The van der Waals surface area contributed by atoms with Gasteiger partial charge in [-0.1, -0.05) is 55.4 Å². The highest BCUT2D eigenvalue weighted by atomic mass is 28.4. The van der Waals surface area contributed by atoms with Crippen molar-refractivity contribution < 1.29 is 9.53 Å². The van der Waals surface area contributed by atoms with Gasteiger partial charge in [0.05, 0.1) is 12.4 Å². The quantitative estimate of drug-likeness (QED) is 0.477. The fourth-order valence-electron chi connectivity index (χ4n) is 5.56. The summed E-state index contributed by atoms with van der Waals surface area (Å²) in [5.41, 5.74) is 3.31. The Kier molecular flexibility index (Phi) is 6.31. The Morgan fingerprint density at radius 1 is 1.08 bits per heavy atom. The van der Waals surface area contributed by atoms with Crippen molar-refractivity contribution in [2.45, 2.75) is 97.4 Å². The Bertz CT molecular complexity index is 494. The van der Waals surface area contributed by atoms with Gasteiger partial charge in [-0.3, -0.25) is 0 Å². The van der Waals surface area contributed by atoms with Gasteiger partial charge in [-0.2, -0.15) is 0 Å². The minimum Gasteiger partial charge on any atom is -0.548 e. The van der Waals surface area contributed by atoms with Crippen LogP contribution in [-0.4, -0.2) is 19.5 Å². The summed E-state index contributed by atoms with van der Waals surface area (Å²) in [5, 5.41) is 10.5. The van der Waals surface area contributed by atoms with E-state index < -0.39 is 14.4 Å². The fourth-order valence-corrected chi connectivity index (χ4v) is 10.7. The van der Waals surface area contributed by atoms with Crippen molar-refractivity contribution in [3.8, 4) is 0 Å². The van der Waals surface area contributed by atoms with Crippen molar-refractivity contribution in [2.75, 3.05) is 0 Å². The summed E-state index contributed by atoms with van der Waals surface area (Å²) in [6.07, 6.45) is 10.8. The van der Waals surface area contributed by atoms with E-state index >= 15 is 0 Å². The zero-order chi connectivity index (χ0) is 19.0. The van der Waals surface area contributed by atoms with Crippen molar-refractivity contribution in [1.29, 1.82) is 0 Å². The smallest absolute Gasteiger partial charge is 0.257 e. The molecule has 2 aliphatic carbocycles. The number of fused-ring (bicyclic) bond motifs is 1. The first-order valence-electron chi connectivity index (χ1n) is 10.0. The van der Waals surface area contributed by atoms with E-state index in [9.17, 15) is 5.11 Å². The van der Waals surface area contributed by atoms with Crippen LogP contribution in [0.3, 0.4) is 0 Å². The number of rotatable bonds is 5. The SMILES string of the molecule is CC(C)[Si](O/C=C1\C[C]=[C][C@@H](O)[C@H]2CC(C)(C)C[C@@H]12)(C(C)C)C(C)C. The summed E-state index contributed by atoms with van der Waals surface area (Å²) in [5.74, 6) is 0.652. The molecule has 2 radical (unpaired) electrons. The maximum Gasteiger partial charge on any atom is 0.257 e. The van der Waals surface area contributed by atoms with Crippen molar-refractivity contribution in [3.05, 3.63) is 24.0 Å². The highest BCUT2D eigenvalue weighted by Crippen LogP contribution is 2.51. The monoisotopic (exact) mass is 362 g/mol. The van der Waals surface area contributed by atoms with Crippen LogP contribution in [0.25, 0.3) is 0 Å². The summed E-state index contributed by atoms with van der Waals surface area (Å²) in [7, 11) is -1.91. The predicted molar refractivity (Wildman–Crippen MR) is 107 cm³/mol. The molecule has 0 heterocycles. The minimum atomic E-state index is -1.91. The van der Waals surface area contributed by atoms with Crippen LogP contribution in [0.1, 0.15) is 74.7 Å². The molecule has 0 bridgehead atoms. The van der Waals surface area contributed by atoms with Gasteiger partial charge in [-0.15, -0.1) is 0 Å². The van der Waals surface area contributed by atoms with E-state index in [1.165, 1.54) is 5.57 Å². The average Bonchev–Trinajstić information content (AvgIpc) is 2.73. The lowest BCUT2D eigenvalue weighted by Gasteiger charge is -2.41. The Labute approximate surface area is 156 Å². The molecule has 1 fully saturated rings. The lowest BCUT2D eigenvalue weighted by molar-refractivity contribution is 0.127. The van der Waals surface area contributed by atoms with Crippen molar-refractivity contribution in [1.82, 2.24) is 0 Å². The number of aliphatic hydroxyl groups is 1. The molecule has 1 saturated carbocycles. The second kappa shape index (κ2) is 7.60. The van der Waals surface area contributed by atoms with Gasteiger partial charge in [-0.05, 0) is 70.9 Å². The molecule has 1 N–H and O–H groups in total. The van der Waals surface area contributed by atoms with E-state index in [0.717, 1.165) is 19.3 Å². The van der Waals surface area contributed by atoms with Crippen LogP contribution in [-0.2, 0) is 4.43 Å². The van der Waals surface area contributed by atoms with Crippen molar-refractivity contribution in [2.24, 2.45) is 17.3 Å². The Balaban J connectivity index is 2.33. The number of allylic oxidation sites excluding steroid dienone is 2. The standard InChI is InChI=1S/C22H38O2Si/c1-15(2)25(16(3)4,17(5)6)24-14-18-10-9-11-21(23)20-13-22(7,8)12-19(18)20/h14-17,19-21,23H,10,12-13H2,1-8H3/b18-14+/t19-,20-,21+/m0/s1. The maximum absolute atomic E-state index is 10.5. The molecular weight excluding hydrogens is 324 g/mol. The first-order valence-corrected chi connectivity index (χ1v) is 12.2. The van der Waals surface area contributed by atoms with Crippen LogP contribution in [0.5, 0.6) is 0 Å². The highest BCUT2D eigenvalue weighted by Gasteiger charge is 2.47. The largest absolute Gasteiger partial charge is 0.548 e. The summed E-state index contributed by atoms with van der Waals surface area (Å²) in [6.45, 7) is 18.6. The lowest BCUT2D eigenvalue weighted by Crippen LogP contribution is -2.46. The Morgan fingerprint density at radius 3 is 2.16 bits per heavy atom. The predicted octanol–water partition coefficient (Wildman–Crippen LogP) is 6.04. The average molecular weight is 363 g/mol. The number of hydrogen-bond acceptors (Lipinski definition) is 2. The van der Waals surface area contributed by atoms with Gasteiger partial charge in [0.1, 0.15) is 0 Å². The van der Waals surface area contributed by atoms with Crippen molar-refractivity contribution in [3.63, 3.8) is 0 Å². The minimum absolute atomic E-state index is 0.257. The van der Waals surface area contributed by atoms with Gasteiger partial charge in [0, 0.05) is 0 Å². The molecule has 0 spiro atoms. The molecule has 2 aliphatic rings. The summed E-state index contributed by atoms with van der Waals surface area (Å²) >= 11 is 0. The van der Waals surface area contributed by atoms with Gasteiger partial charge >= 0.3 is 0 Å². The second-order valence-corrected chi connectivity index (χ2v) is 15.3. The molecule has 0 amide bonds. The second-order valence-electron chi connectivity index (χ2n) is 9.91. The van der Waals surface area contributed by atoms with Gasteiger partial charge < -0.3 is 9.53 Å². The first kappa shape index (κ1) is 20.8. The molecule has 0 saturated heterocycles. The maximum atomic E-state index is 10.5. The molecular formula is C22H38O2Si. The van der Waals surface area contributed by atoms with Gasteiger partial charge in [0.25, 0.3) is 8.32 Å². The zero-order valence-electron chi connectivity index (χ0n) is 17.5. The van der Waals surface area contributed by atoms with E-state index in [-0.39, 0.29) is 11.3 Å². The topological polar surface area (TPSA) is 29.5 Å². The van der Waals surface area contributed by atoms with Crippen LogP contribution < -0.4 is 0 Å². The fraction of sp³-hybridized carbons (Fsp3) is 0.818. The van der Waals surface area contributed by atoms with Crippen LogP contribution in [0.2, 0.25) is 16.6 Å². The molecule has 25 heavy (non-hydrogen) atoms. The van der Waals surface area contributed by atoms with E-state index in [0.29, 0.717) is 22.5 Å². The van der Waals surface area contributed by atoms with E-state index in [1.807, 2.05) is 0 Å². The molecule has 3 heteroatoms. The van der Waals surface area contributed by atoms with Gasteiger partial charge in [0.15, 0.2) is 0 Å². The lowest BCUT2D eigenvalue weighted by atomic mass is 9.86. The highest BCUT2D eigenvalue weighted by molar-refractivity contribution is 6.77. The van der Waals surface area contributed by atoms with E-state index in [2.05, 4.69) is 73.8 Å². The third-order valence-corrected chi connectivity index (χ3v) is 12.6. The number of aliphatic hydroxyl groups excluding tert-OH is 1. The summed E-state index contributed by atoms with van der Waals surface area (Å²) < 4.78 is 6.75. The third kappa shape index (κ3) is 4.08. The van der Waals surface area contributed by atoms with Crippen LogP contribution in [0.15, 0.2) is 11.8 Å². The number of hydrogen-bond donors (Lipinski definition) is 1. The molecule has 0 unspecified atom stereocenters. The Hall–Kier alpha value is -0.543. The molecule has 2 nitrogen and oxygen atoms in total. The van der Waals surface area contributed by atoms with Gasteiger partial charge in [0.2, 0.25) is 0 Å². The van der Waals surface area contributed by atoms with Crippen LogP contribution in [0.4, 0.5) is 0 Å². The molecule has 142 valence electrons. The molecule has 0 aliphatic heterocycles. The summed E-state index contributed by atoms with van der Waals surface area (Å²) in [4.78, 5) is 0. The zero-order valence-corrected chi connectivity index (χ0v) is 18.5. The molecule has 0 aromatic heterocycles. The van der Waals surface area contributed by atoms with Crippen LogP contribution in [0, 0.1) is 29.4 Å². The molecule has 0 aromatic carbocycles. The van der Waals surface area contributed by atoms with E-state index in [4.69, 9.17) is 4.43 Å². The normalized spacial score (nSPS) is 31.0. The van der Waals surface area contributed by atoms with E-state index in [1.54, 1.807) is 0 Å². The first-order chi connectivity index (χ1) is 11.5. The van der Waals surface area contributed by atoms with Crippen molar-refractivity contribution >= 4 is 8.32 Å². The summed E-state index contributed by atoms with van der Waals surface area (Å²) in [6, 6.07) is 0. The molecule has 2 rings (SSSR count). The third-order valence-electron chi connectivity index (χ3n) is 6.62. The van der Waals surface area contributed by atoms with Gasteiger partial charge in [-0.25, -0.2) is 0 Å². The molecule has 3 atom stereocenters.